The summed E-state index contributed by atoms with van der Waals surface area (Å²) < 4.78 is 4.97. The molecule has 2 aromatic heterocycles. The van der Waals surface area contributed by atoms with Gasteiger partial charge in [0.15, 0.2) is 0 Å². The number of aromatic nitrogens is 2. The molecule has 2 heterocycles. The fraction of sp³-hybridized carbons (Fsp3) is 0.0943. The third-order valence-electron chi connectivity index (χ3n) is 25.5. The summed E-state index contributed by atoms with van der Waals surface area (Å²) in [5.41, 5.74) is 38.5. The monoisotopic (exact) mass is 1410 g/mol. The molecule has 522 valence electrons. The third-order valence-corrected chi connectivity index (χ3v) is 25.5. The maximum atomic E-state index is 2.58. The lowest BCUT2D eigenvalue weighted by molar-refractivity contribution is 0.652. The van der Waals surface area contributed by atoms with Crippen molar-refractivity contribution in [1.82, 2.24) is 9.13 Å². The van der Waals surface area contributed by atoms with E-state index in [4.69, 9.17) is 0 Å². The van der Waals surface area contributed by atoms with Crippen molar-refractivity contribution in [3.05, 3.63) is 420 Å². The van der Waals surface area contributed by atoms with E-state index in [1.54, 1.807) is 0 Å². The SMILES string of the molecule is CC1(C)c2cc(N(c3ccccc3)c3ccc(-c4cccc(-n5c6ccccc6c6cc7c(cc65)C(C)(C)c5cc6c(cc5-7)C(C)(C)c5cc7c(cc5-6)c5ccccc5n7-c5ccccc5)c4)cc3)ccc2-c2cc3c(cc21)-c1ccc(N(c2ccccc2)c2ccccc2)cc1C3(c1ccccc1)c1ccccc1. The molecule has 4 aliphatic carbocycles. The van der Waals surface area contributed by atoms with E-state index in [1.807, 2.05) is 0 Å². The Hall–Kier alpha value is -13.3. The van der Waals surface area contributed by atoms with Gasteiger partial charge in [0, 0.05) is 83.3 Å². The van der Waals surface area contributed by atoms with E-state index in [0.29, 0.717) is 0 Å². The molecule has 0 unspecified atom stereocenters. The van der Waals surface area contributed by atoms with Gasteiger partial charge in [0.1, 0.15) is 0 Å². The van der Waals surface area contributed by atoms with Crippen LogP contribution in [0.3, 0.4) is 0 Å². The van der Waals surface area contributed by atoms with Gasteiger partial charge in [0.25, 0.3) is 0 Å². The number of hydrogen-bond acceptors (Lipinski definition) is 2. The number of nitrogens with zero attached hydrogens (tertiary/aromatic N) is 4. The van der Waals surface area contributed by atoms with Crippen LogP contribution in [0.15, 0.2) is 364 Å². The van der Waals surface area contributed by atoms with Gasteiger partial charge in [-0.2, -0.15) is 0 Å². The Morgan fingerprint density at radius 3 is 1.01 bits per heavy atom. The van der Waals surface area contributed by atoms with E-state index in [9.17, 15) is 0 Å². The van der Waals surface area contributed by atoms with Crippen molar-refractivity contribution in [2.75, 3.05) is 9.80 Å². The van der Waals surface area contributed by atoms with Gasteiger partial charge in [-0.3, -0.25) is 0 Å². The van der Waals surface area contributed by atoms with Crippen LogP contribution < -0.4 is 9.80 Å². The molecule has 0 fully saturated rings. The topological polar surface area (TPSA) is 16.3 Å². The van der Waals surface area contributed by atoms with Crippen LogP contribution in [0.4, 0.5) is 34.1 Å². The molecule has 0 spiro atoms. The predicted octanol–water partition coefficient (Wildman–Crippen LogP) is 27.8. The Morgan fingerprint density at radius 1 is 0.200 bits per heavy atom. The summed E-state index contributed by atoms with van der Waals surface area (Å²) >= 11 is 0. The van der Waals surface area contributed by atoms with Crippen molar-refractivity contribution < 1.29 is 0 Å². The molecular formula is C106H78N4. The molecule has 4 nitrogen and oxygen atoms in total. The minimum absolute atomic E-state index is 0.220. The van der Waals surface area contributed by atoms with Gasteiger partial charge in [-0.1, -0.05) is 248 Å². The first kappa shape index (κ1) is 63.9. The molecule has 4 heteroatoms. The Bertz CT molecular complexity index is 6740. The van der Waals surface area contributed by atoms with Crippen molar-refractivity contribution in [3.63, 3.8) is 0 Å². The average Bonchev–Trinajstić information content (AvgIpc) is 1.53. The van der Waals surface area contributed by atoms with Crippen molar-refractivity contribution in [2.45, 2.75) is 63.2 Å². The fourth-order valence-corrected chi connectivity index (χ4v) is 20.2. The zero-order valence-electron chi connectivity index (χ0n) is 62.4. The van der Waals surface area contributed by atoms with Gasteiger partial charge < -0.3 is 18.9 Å². The molecule has 0 saturated heterocycles. The first-order chi connectivity index (χ1) is 53.8. The molecule has 0 N–H and O–H groups in total. The molecule has 0 amide bonds. The lowest BCUT2D eigenvalue weighted by atomic mass is 9.67. The fourth-order valence-electron chi connectivity index (χ4n) is 20.2. The smallest absolute Gasteiger partial charge is 0.0714 e. The molecule has 0 radical (unpaired) electrons. The van der Waals surface area contributed by atoms with Gasteiger partial charge in [-0.05, 0) is 269 Å². The highest BCUT2D eigenvalue weighted by Gasteiger charge is 2.50. The second-order valence-corrected chi connectivity index (χ2v) is 32.3. The van der Waals surface area contributed by atoms with Crippen LogP contribution in [-0.2, 0) is 21.7 Å². The highest BCUT2D eigenvalue weighted by atomic mass is 15.1. The Kier molecular flexibility index (Phi) is 13.7. The lowest BCUT2D eigenvalue weighted by Gasteiger charge is -2.35. The average molecular weight is 1410 g/mol. The van der Waals surface area contributed by atoms with E-state index >= 15 is 0 Å². The van der Waals surface area contributed by atoms with Gasteiger partial charge in [-0.25, -0.2) is 0 Å². The van der Waals surface area contributed by atoms with E-state index in [-0.39, 0.29) is 16.2 Å². The van der Waals surface area contributed by atoms with Crippen LogP contribution in [0.2, 0.25) is 0 Å². The summed E-state index contributed by atoms with van der Waals surface area (Å²) in [6.07, 6.45) is 0. The Labute approximate surface area is 642 Å². The molecule has 22 rings (SSSR count). The summed E-state index contributed by atoms with van der Waals surface area (Å²) in [6.45, 7) is 14.6. The molecule has 4 aliphatic rings. The normalized spacial score (nSPS) is 14.6. The lowest BCUT2D eigenvalue weighted by Crippen LogP contribution is -2.29. The summed E-state index contributed by atoms with van der Waals surface area (Å²) in [7, 11) is 0. The van der Waals surface area contributed by atoms with Crippen molar-refractivity contribution in [2.24, 2.45) is 0 Å². The second-order valence-electron chi connectivity index (χ2n) is 32.3. The minimum atomic E-state index is -0.628. The van der Waals surface area contributed by atoms with Crippen LogP contribution in [-0.4, -0.2) is 9.13 Å². The van der Waals surface area contributed by atoms with Gasteiger partial charge in [-0.15, -0.1) is 0 Å². The van der Waals surface area contributed by atoms with Gasteiger partial charge >= 0.3 is 0 Å². The largest absolute Gasteiger partial charge is 0.310 e. The van der Waals surface area contributed by atoms with Crippen molar-refractivity contribution in [3.8, 4) is 67.0 Å². The summed E-state index contributed by atoms with van der Waals surface area (Å²) in [5.74, 6) is 0. The summed E-state index contributed by atoms with van der Waals surface area (Å²) in [4.78, 5) is 4.83. The summed E-state index contributed by atoms with van der Waals surface area (Å²) in [5, 5.41) is 5.10. The molecule has 16 aromatic carbocycles. The van der Waals surface area contributed by atoms with Gasteiger partial charge in [0.05, 0.1) is 27.5 Å². The third kappa shape index (κ3) is 9.08. The van der Waals surface area contributed by atoms with Crippen LogP contribution in [0.1, 0.15) is 97.2 Å². The van der Waals surface area contributed by atoms with Crippen LogP contribution in [0, 0.1) is 0 Å². The number of anilines is 6. The molecular weight excluding hydrogens is 1330 g/mol. The van der Waals surface area contributed by atoms with Crippen molar-refractivity contribution >= 4 is 77.7 Å². The molecule has 110 heavy (non-hydrogen) atoms. The highest BCUT2D eigenvalue weighted by Crippen LogP contribution is 2.63. The van der Waals surface area contributed by atoms with E-state index in [1.165, 1.54) is 149 Å². The highest BCUT2D eigenvalue weighted by molar-refractivity contribution is 6.14. The number of fused-ring (bicyclic) bond motifs is 18. The number of para-hydroxylation sites is 6. The van der Waals surface area contributed by atoms with Crippen LogP contribution >= 0.6 is 0 Å². The molecule has 0 aliphatic heterocycles. The first-order valence-corrected chi connectivity index (χ1v) is 38.8. The number of rotatable bonds is 11. The van der Waals surface area contributed by atoms with Gasteiger partial charge in [0.2, 0.25) is 0 Å². The Balaban J connectivity index is 0.616. The van der Waals surface area contributed by atoms with Crippen LogP contribution in [0.25, 0.3) is 111 Å². The van der Waals surface area contributed by atoms with E-state index in [0.717, 1.165) is 50.9 Å². The quantitative estimate of drug-likeness (QED) is 0.128. The number of hydrogen-bond donors (Lipinski definition) is 0. The molecule has 18 aromatic rings. The van der Waals surface area contributed by atoms with Crippen LogP contribution in [0.5, 0.6) is 0 Å². The zero-order valence-corrected chi connectivity index (χ0v) is 62.4. The van der Waals surface area contributed by atoms with E-state index < -0.39 is 5.41 Å². The standard InChI is InChI=1S/C106H78N4/c1-103(2)91-57-77(52-54-79(91)85-64-98-86(61-92(85)103)80-55-53-78(107(71-35-17-9-18-36-71)72-37-19-10-20-38-72)58-97(80)106(98,69-31-13-7-14-32-69)70-33-15-8-16-34-70)108(73-39-21-11-22-40-73)75-50-48-67(49-51-75)68-30-29-43-76(56-68)110-100-47-28-26-45-82(100)90-60-84-88-63-93-87(62-94(88)105(5,6)96(84)66-102(90)110)83-59-89-81-44-25-27-46-99(81)109(74-41-23-12-24-42-74)101(89)65-95(83)104(93,3)4/h7-66H,1-6H3. The van der Waals surface area contributed by atoms with E-state index in [2.05, 4.69) is 424 Å². The summed E-state index contributed by atoms with van der Waals surface area (Å²) in [6, 6.07) is 137. The molecule has 0 bridgehead atoms. The minimum Gasteiger partial charge on any atom is -0.310 e. The second kappa shape index (κ2) is 23.6. The molecule has 0 saturated carbocycles. The Morgan fingerprint density at radius 2 is 0.527 bits per heavy atom. The van der Waals surface area contributed by atoms with Crippen molar-refractivity contribution in [1.29, 1.82) is 0 Å². The molecule has 0 atom stereocenters. The zero-order chi connectivity index (χ0) is 73.5. The maximum Gasteiger partial charge on any atom is 0.0714 e. The number of benzene rings is 16. The predicted molar refractivity (Wildman–Crippen MR) is 460 cm³/mol. The first-order valence-electron chi connectivity index (χ1n) is 38.8. The maximum absolute atomic E-state index is 2.58.